The number of aromatic nitrogens is 1. The molecule has 4 heteroatoms. The van der Waals surface area contributed by atoms with Crippen LogP contribution in [0.2, 0.25) is 0 Å². The van der Waals surface area contributed by atoms with Crippen LogP contribution in [0.1, 0.15) is 12.5 Å². The Labute approximate surface area is 136 Å². The summed E-state index contributed by atoms with van der Waals surface area (Å²) in [5, 5.41) is 5.03. The van der Waals surface area contributed by atoms with Crippen molar-refractivity contribution in [2.75, 3.05) is 5.32 Å². The fourth-order valence-electron chi connectivity index (χ4n) is 2.46. The van der Waals surface area contributed by atoms with Crippen molar-refractivity contribution >= 4 is 22.4 Å². The molecule has 0 saturated heterocycles. The molecular formula is C18H17ClN2O. The predicted octanol–water partition coefficient (Wildman–Crippen LogP) is 0.138. The molecule has 0 spiro atoms. The second-order valence-corrected chi connectivity index (χ2v) is 5.09. The lowest BCUT2D eigenvalue weighted by Crippen LogP contribution is -3.00. The molecule has 0 fully saturated rings. The third-order valence-electron chi connectivity index (χ3n) is 3.40. The van der Waals surface area contributed by atoms with Gasteiger partial charge in [-0.05, 0) is 12.1 Å². The molecule has 3 aromatic rings. The first kappa shape index (κ1) is 16.0. The first-order valence-electron chi connectivity index (χ1n) is 6.96. The van der Waals surface area contributed by atoms with Crippen LogP contribution in [0.25, 0.3) is 10.8 Å². The third kappa shape index (κ3) is 3.62. The molecule has 112 valence electrons. The maximum Gasteiger partial charge on any atom is 0.221 e. The second kappa shape index (κ2) is 7.05. The molecule has 0 atom stereocenters. The van der Waals surface area contributed by atoms with Gasteiger partial charge in [0.2, 0.25) is 5.91 Å². The van der Waals surface area contributed by atoms with Gasteiger partial charge in [0.05, 0.1) is 0 Å². The van der Waals surface area contributed by atoms with Crippen LogP contribution in [0.3, 0.4) is 0 Å². The number of carbonyl (C=O) groups excluding carboxylic acids is 1. The number of nitrogens with one attached hydrogen (secondary N) is 1. The van der Waals surface area contributed by atoms with Crippen molar-refractivity contribution in [1.82, 2.24) is 0 Å². The molecule has 0 aliphatic rings. The summed E-state index contributed by atoms with van der Waals surface area (Å²) in [6.45, 7) is 2.36. The highest BCUT2D eigenvalue weighted by atomic mass is 35.5. The van der Waals surface area contributed by atoms with Gasteiger partial charge in [0.1, 0.15) is 0 Å². The Hall–Kier alpha value is -2.39. The summed E-state index contributed by atoms with van der Waals surface area (Å²) in [6, 6.07) is 18.3. The minimum Gasteiger partial charge on any atom is -1.00 e. The number of hydrogen-bond acceptors (Lipinski definition) is 1. The summed E-state index contributed by atoms with van der Waals surface area (Å²) >= 11 is 0. The summed E-state index contributed by atoms with van der Waals surface area (Å²) in [7, 11) is 0. The summed E-state index contributed by atoms with van der Waals surface area (Å²) in [5.41, 5.74) is 2.12. The van der Waals surface area contributed by atoms with E-state index >= 15 is 0 Å². The standard InChI is InChI=1S/C18H16N2O.ClH/c1-14(21)19-18-9-5-8-16-13-20(11-10-17(16)18)12-15-6-3-2-4-7-15;/h2-11,13H,12H2,1H3;1H. The van der Waals surface area contributed by atoms with Crippen LogP contribution in [0, 0.1) is 0 Å². The molecule has 0 radical (unpaired) electrons. The smallest absolute Gasteiger partial charge is 0.221 e. The molecular weight excluding hydrogens is 296 g/mol. The SMILES string of the molecule is CC(=O)Nc1cccc2c[n+](Cc3ccccc3)ccc12.[Cl-]. The molecule has 0 unspecified atom stereocenters. The van der Waals surface area contributed by atoms with E-state index in [1.807, 2.05) is 42.6 Å². The van der Waals surface area contributed by atoms with E-state index < -0.39 is 0 Å². The van der Waals surface area contributed by atoms with Crippen LogP contribution in [0.5, 0.6) is 0 Å². The third-order valence-corrected chi connectivity index (χ3v) is 3.40. The van der Waals surface area contributed by atoms with Crippen LogP contribution in [0.15, 0.2) is 67.0 Å². The van der Waals surface area contributed by atoms with E-state index in [4.69, 9.17) is 0 Å². The molecule has 1 heterocycles. The molecule has 22 heavy (non-hydrogen) atoms. The number of benzene rings is 2. The Morgan fingerprint density at radius 1 is 1.05 bits per heavy atom. The lowest BCUT2D eigenvalue weighted by molar-refractivity contribution is -0.687. The zero-order valence-electron chi connectivity index (χ0n) is 12.3. The Balaban J connectivity index is 0.00000176. The van der Waals surface area contributed by atoms with E-state index in [1.165, 1.54) is 12.5 Å². The van der Waals surface area contributed by atoms with E-state index in [2.05, 4.69) is 34.3 Å². The number of halogens is 1. The largest absolute Gasteiger partial charge is 1.00 e. The van der Waals surface area contributed by atoms with E-state index in [-0.39, 0.29) is 18.3 Å². The van der Waals surface area contributed by atoms with Crippen molar-refractivity contribution in [3.63, 3.8) is 0 Å². The van der Waals surface area contributed by atoms with E-state index in [0.717, 1.165) is 23.0 Å². The van der Waals surface area contributed by atoms with Crippen LogP contribution in [-0.4, -0.2) is 5.91 Å². The van der Waals surface area contributed by atoms with Gasteiger partial charge in [0.15, 0.2) is 18.9 Å². The lowest BCUT2D eigenvalue weighted by Gasteiger charge is -2.06. The molecule has 0 aliphatic heterocycles. The van der Waals surface area contributed by atoms with Crippen LogP contribution < -0.4 is 22.3 Å². The van der Waals surface area contributed by atoms with Gasteiger partial charge in [-0.25, -0.2) is 4.57 Å². The summed E-state index contributed by atoms with van der Waals surface area (Å²) in [4.78, 5) is 11.2. The highest BCUT2D eigenvalue weighted by Gasteiger charge is 2.08. The molecule has 1 aromatic heterocycles. The van der Waals surface area contributed by atoms with Gasteiger partial charge >= 0.3 is 0 Å². The molecule has 3 nitrogen and oxygen atoms in total. The highest BCUT2D eigenvalue weighted by Crippen LogP contribution is 2.21. The lowest BCUT2D eigenvalue weighted by atomic mass is 10.1. The molecule has 0 saturated carbocycles. The maximum absolute atomic E-state index is 11.2. The number of pyridine rings is 1. The number of carbonyl (C=O) groups is 1. The molecule has 1 N–H and O–H groups in total. The Bertz CT molecular complexity index is 787. The van der Waals surface area contributed by atoms with E-state index in [0.29, 0.717) is 0 Å². The fourth-order valence-corrected chi connectivity index (χ4v) is 2.46. The molecule has 0 bridgehead atoms. The number of anilines is 1. The van der Waals surface area contributed by atoms with Crippen molar-refractivity contribution in [3.8, 4) is 0 Å². The topological polar surface area (TPSA) is 33.0 Å². The highest BCUT2D eigenvalue weighted by molar-refractivity contribution is 6.00. The minimum absolute atomic E-state index is 0. The maximum atomic E-state index is 11.2. The van der Waals surface area contributed by atoms with E-state index in [9.17, 15) is 4.79 Å². The van der Waals surface area contributed by atoms with Crippen molar-refractivity contribution in [1.29, 1.82) is 0 Å². The minimum atomic E-state index is -0.0523. The van der Waals surface area contributed by atoms with Crippen molar-refractivity contribution < 1.29 is 21.8 Å². The number of amides is 1. The zero-order valence-corrected chi connectivity index (χ0v) is 13.0. The number of rotatable bonds is 3. The molecule has 1 amide bonds. The summed E-state index contributed by atoms with van der Waals surface area (Å²) in [6.07, 6.45) is 4.15. The molecule has 2 aromatic carbocycles. The first-order chi connectivity index (χ1) is 10.2. The molecule has 0 aliphatic carbocycles. The fraction of sp³-hybridized carbons (Fsp3) is 0.111. The average molecular weight is 313 g/mol. The zero-order chi connectivity index (χ0) is 14.7. The monoisotopic (exact) mass is 312 g/mol. The number of hydrogen-bond donors (Lipinski definition) is 1. The van der Waals surface area contributed by atoms with Gasteiger partial charge in [-0.3, -0.25) is 4.79 Å². The van der Waals surface area contributed by atoms with Gasteiger partial charge in [0.25, 0.3) is 0 Å². The van der Waals surface area contributed by atoms with Gasteiger partial charge in [0, 0.05) is 35.0 Å². The molecule has 3 rings (SSSR count). The Morgan fingerprint density at radius 2 is 1.82 bits per heavy atom. The number of nitrogens with zero attached hydrogens (tertiary/aromatic N) is 1. The quantitative estimate of drug-likeness (QED) is 0.686. The average Bonchev–Trinajstić information content (AvgIpc) is 2.48. The van der Waals surface area contributed by atoms with Crippen LogP contribution in [-0.2, 0) is 11.3 Å². The normalized spacial score (nSPS) is 10.0. The van der Waals surface area contributed by atoms with E-state index in [1.54, 1.807) is 0 Å². The number of fused-ring (bicyclic) bond motifs is 1. The second-order valence-electron chi connectivity index (χ2n) is 5.09. The Morgan fingerprint density at radius 3 is 2.55 bits per heavy atom. The van der Waals surface area contributed by atoms with Crippen molar-refractivity contribution in [3.05, 3.63) is 72.6 Å². The van der Waals surface area contributed by atoms with Gasteiger partial charge in [-0.2, -0.15) is 0 Å². The van der Waals surface area contributed by atoms with Crippen molar-refractivity contribution in [2.45, 2.75) is 13.5 Å². The van der Waals surface area contributed by atoms with Gasteiger partial charge in [-0.1, -0.05) is 36.4 Å². The predicted molar refractivity (Wildman–Crippen MR) is 84.0 cm³/mol. The van der Waals surface area contributed by atoms with Crippen LogP contribution in [0.4, 0.5) is 5.69 Å². The van der Waals surface area contributed by atoms with Gasteiger partial charge < -0.3 is 17.7 Å². The summed E-state index contributed by atoms with van der Waals surface area (Å²) < 4.78 is 2.15. The van der Waals surface area contributed by atoms with Crippen LogP contribution >= 0.6 is 0 Å². The van der Waals surface area contributed by atoms with Gasteiger partial charge in [-0.15, -0.1) is 0 Å². The van der Waals surface area contributed by atoms with Crippen molar-refractivity contribution in [2.24, 2.45) is 0 Å². The summed E-state index contributed by atoms with van der Waals surface area (Å²) in [5.74, 6) is -0.0523. The first-order valence-corrected chi connectivity index (χ1v) is 6.96. The Kier molecular flexibility index (Phi) is 5.12.